The number of hydrogen-bond donors (Lipinski definition) is 3. The quantitative estimate of drug-likeness (QED) is 0.512. The Balaban J connectivity index is 2.26. The van der Waals surface area contributed by atoms with Crippen molar-refractivity contribution >= 4 is 17.5 Å². The lowest BCUT2D eigenvalue weighted by atomic mass is 10.2. The SMILES string of the molecule is CCCCCNC(=O)CNC(=O)c1ccc(N)cc1. The molecule has 5 nitrogen and oxygen atoms in total. The third kappa shape index (κ3) is 5.90. The fraction of sp³-hybridized carbons (Fsp3) is 0.429. The van der Waals surface area contributed by atoms with Crippen molar-refractivity contribution in [1.29, 1.82) is 0 Å². The Morgan fingerprint density at radius 2 is 1.79 bits per heavy atom. The average Bonchev–Trinajstić information content (AvgIpc) is 2.42. The maximum absolute atomic E-state index is 11.7. The molecule has 0 bridgehead atoms. The molecule has 0 aliphatic heterocycles. The van der Waals surface area contributed by atoms with Crippen molar-refractivity contribution in [2.24, 2.45) is 0 Å². The minimum Gasteiger partial charge on any atom is -0.399 e. The number of nitrogens with two attached hydrogens (primary N) is 1. The predicted molar refractivity (Wildman–Crippen MR) is 75.7 cm³/mol. The summed E-state index contributed by atoms with van der Waals surface area (Å²) in [6.07, 6.45) is 3.18. The molecule has 0 heterocycles. The van der Waals surface area contributed by atoms with E-state index in [0.717, 1.165) is 19.3 Å². The Labute approximate surface area is 113 Å². The van der Waals surface area contributed by atoms with Crippen LogP contribution < -0.4 is 16.4 Å². The molecule has 0 aliphatic carbocycles. The van der Waals surface area contributed by atoms with Gasteiger partial charge in [0.05, 0.1) is 6.54 Å². The van der Waals surface area contributed by atoms with Crippen molar-refractivity contribution < 1.29 is 9.59 Å². The van der Waals surface area contributed by atoms with E-state index in [-0.39, 0.29) is 18.4 Å². The van der Waals surface area contributed by atoms with E-state index in [4.69, 9.17) is 5.73 Å². The van der Waals surface area contributed by atoms with Crippen molar-refractivity contribution in [2.75, 3.05) is 18.8 Å². The van der Waals surface area contributed by atoms with Gasteiger partial charge in [-0.25, -0.2) is 0 Å². The molecule has 0 radical (unpaired) electrons. The number of rotatable bonds is 7. The average molecular weight is 263 g/mol. The minimum atomic E-state index is -0.274. The number of amides is 2. The number of hydrogen-bond acceptors (Lipinski definition) is 3. The first kappa shape index (κ1) is 15.0. The van der Waals surface area contributed by atoms with E-state index < -0.39 is 0 Å². The molecule has 1 aromatic carbocycles. The standard InChI is InChI=1S/C14H21N3O2/c1-2-3-4-9-16-13(18)10-17-14(19)11-5-7-12(15)8-6-11/h5-8H,2-4,9-10,15H2,1H3,(H,16,18)(H,17,19). The van der Waals surface area contributed by atoms with Crippen molar-refractivity contribution in [3.63, 3.8) is 0 Å². The second-order valence-electron chi connectivity index (χ2n) is 4.36. The predicted octanol–water partition coefficient (Wildman–Crippen LogP) is 1.30. The molecule has 2 amide bonds. The molecule has 0 unspecified atom stereocenters. The first-order valence-electron chi connectivity index (χ1n) is 6.54. The molecule has 1 rings (SSSR count). The van der Waals surface area contributed by atoms with Crippen LogP contribution in [0.2, 0.25) is 0 Å². The molecule has 0 fully saturated rings. The number of carbonyl (C=O) groups excluding carboxylic acids is 2. The lowest BCUT2D eigenvalue weighted by Crippen LogP contribution is -2.37. The van der Waals surface area contributed by atoms with Gasteiger partial charge in [0.15, 0.2) is 0 Å². The van der Waals surface area contributed by atoms with Crippen LogP contribution in [0.3, 0.4) is 0 Å². The smallest absolute Gasteiger partial charge is 0.251 e. The van der Waals surface area contributed by atoms with Gasteiger partial charge in [-0.3, -0.25) is 9.59 Å². The maximum Gasteiger partial charge on any atom is 0.251 e. The van der Waals surface area contributed by atoms with Gasteiger partial charge in [-0.2, -0.15) is 0 Å². The highest BCUT2D eigenvalue weighted by Gasteiger charge is 2.07. The van der Waals surface area contributed by atoms with E-state index in [1.54, 1.807) is 24.3 Å². The fourth-order valence-corrected chi connectivity index (χ4v) is 1.56. The third-order valence-electron chi connectivity index (χ3n) is 2.68. The van der Waals surface area contributed by atoms with Crippen LogP contribution in [-0.4, -0.2) is 24.9 Å². The Morgan fingerprint density at radius 1 is 1.11 bits per heavy atom. The van der Waals surface area contributed by atoms with Gasteiger partial charge in [0.1, 0.15) is 0 Å². The van der Waals surface area contributed by atoms with Gasteiger partial charge in [-0.1, -0.05) is 19.8 Å². The number of benzene rings is 1. The zero-order valence-electron chi connectivity index (χ0n) is 11.2. The van der Waals surface area contributed by atoms with Crippen LogP contribution >= 0.6 is 0 Å². The summed E-state index contributed by atoms with van der Waals surface area (Å²) in [5.41, 5.74) is 6.63. The Kier molecular flexibility index (Phi) is 6.43. The molecule has 5 heteroatoms. The van der Waals surface area contributed by atoms with Gasteiger partial charge in [0, 0.05) is 17.8 Å². The van der Waals surface area contributed by atoms with E-state index in [2.05, 4.69) is 17.6 Å². The molecule has 0 saturated carbocycles. The number of nitrogen functional groups attached to an aromatic ring is 1. The Morgan fingerprint density at radius 3 is 2.42 bits per heavy atom. The van der Waals surface area contributed by atoms with Crippen LogP contribution in [-0.2, 0) is 4.79 Å². The van der Waals surface area contributed by atoms with Crippen LogP contribution in [0.1, 0.15) is 36.5 Å². The van der Waals surface area contributed by atoms with Crippen LogP contribution in [0.15, 0.2) is 24.3 Å². The van der Waals surface area contributed by atoms with Crippen molar-refractivity contribution in [2.45, 2.75) is 26.2 Å². The molecular formula is C14H21N3O2. The second kappa shape index (κ2) is 8.13. The summed E-state index contributed by atoms with van der Waals surface area (Å²) in [6, 6.07) is 6.56. The fourth-order valence-electron chi connectivity index (χ4n) is 1.56. The van der Waals surface area contributed by atoms with E-state index >= 15 is 0 Å². The zero-order valence-corrected chi connectivity index (χ0v) is 11.2. The summed E-state index contributed by atoms with van der Waals surface area (Å²) in [7, 11) is 0. The molecule has 4 N–H and O–H groups in total. The lowest BCUT2D eigenvalue weighted by Gasteiger charge is -2.07. The van der Waals surface area contributed by atoms with E-state index in [9.17, 15) is 9.59 Å². The van der Waals surface area contributed by atoms with Gasteiger partial charge >= 0.3 is 0 Å². The molecule has 0 spiro atoms. The van der Waals surface area contributed by atoms with Crippen LogP contribution in [0.25, 0.3) is 0 Å². The topological polar surface area (TPSA) is 84.2 Å². The summed E-state index contributed by atoms with van der Waals surface area (Å²) >= 11 is 0. The second-order valence-corrected chi connectivity index (χ2v) is 4.36. The van der Waals surface area contributed by atoms with Gasteiger partial charge in [0.25, 0.3) is 5.91 Å². The molecule has 0 aliphatic rings. The van der Waals surface area contributed by atoms with Crippen LogP contribution in [0.5, 0.6) is 0 Å². The molecule has 0 saturated heterocycles. The molecule has 104 valence electrons. The van der Waals surface area contributed by atoms with Gasteiger partial charge < -0.3 is 16.4 Å². The third-order valence-corrected chi connectivity index (χ3v) is 2.68. The minimum absolute atomic E-state index is 0.00463. The Hall–Kier alpha value is -2.04. The van der Waals surface area contributed by atoms with Crippen molar-refractivity contribution in [3.8, 4) is 0 Å². The van der Waals surface area contributed by atoms with Gasteiger partial charge in [-0.15, -0.1) is 0 Å². The first-order valence-corrected chi connectivity index (χ1v) is 6.54. The summed E-state index contributed by atoms with van der Waals surface area (Å²) in [5.74, 6) is -0.441. The Bertz CT molecular complexity index is 415. The normalized spacial score (nSPS) is 9.95. The van der Waals surface area contributed by atoms with Crippen molar-refractivity contribution in [3.05, 3.63) is 29.8 Å². The van der Waals surface area contributed by atoms with E-state index in [0.29, 0.717) is 17.8 Å². The van der Waals surface area contributed by atoms with Crippen molar-refractivity contribution in [1.82, 2.24) is 10.6 Å². The highest BCUT2D eigenvalue weighted by molar-refractivity contribution is 5.96. The molecular weight excluding hydrogens is 242 g/mol. The van der Waals surface area contributed by atoms with Gasteiger partial charge in [-0.05, 0) is 30.7 Å². The summed E-state index contributed by atoms with van der Waals surface area (Å²) < 4.78 is 0. The van der Waals surface area contributed by atoms with Crippen LogP contribution in [0.4, 0.5) is 5.69 Å². The van der Waals surface area contributed by atoms with Crippen LogP contribution in [0, 0.1) is 0 Å². The number of carbonyl (C=O) groups is 2. The zero-order chi connectivity index (χ0) is 14.1. The first-order chi connectivity index (χ1) is 9.13. The number of anilines is 1. The number of nitrogens with one attached hydrogen (secondary N) is 2. The maximum atomic E-state index is 11.7. The molecule has 0 atom stereocenters. The summed E-state index contributed by atoms with van der Waals surface area (Å²) in [6.45, 7) is 2.76. The number of unbranched alkanes of at least 4 members (excludes halogenated alkanes) is 2. The van der Waals surface area contributed by atoms with E-state index in [1.807, 2.05) is 0 Å². The molecule has 0 aromatic heterocycles. The lowest BCUT2D eigenvalue weighted by molar-refractivity contribution is -0.120. The van der Waals surface area contributed by atoms with Gasteiger partial charge in [0.2, 0.25) is 5.91 Å². The highest BCUT2D eigenvalue weighted by atomic mass is 16.2. The summed E-state index contributed by atoms with van der Waals surface area (Å²) in [4.78, 5) is 23.2. The molecule has 1 aromatic rings. The summed E-state index contributed by atoms with van der Waals surface area (Å²) in [5, 5.41) is 5.33. The highest BCUT2D eigenvalue weighted by Crippen LogP contribution is 2.04. The van der Waals surface area contributed by atoms with E-state index in [1.165, 1.54) is 0 Å². The molecule has 19 heavy (non-hydrogen) atoms. The largest absolute Gasteiger partial charge is 0.399 e. The monoisotopic (exact) mass is 263 g/mol.